The molecule has 0 aliphatic heterocycles. The molecular formula is C40H26. The van der Waals surface area contributed by atoms with Crippen molar-refractivity contribution in [3.63, 3.8) is 0 Å². The van der Waals surface area contributed by atoms with Gasteiger partial charge in [0.1, 0.15) is 0 Å². The van der Waals surface area contributed by atoms with E-state index in [9.17, 15) is 0 Å². The van der Waals surface area contributed by atoms with Crippen molar-refractivity contribution in [1.82, 2.24) is 0 Å². The summed E-state index contributed by atoms with van der Waals surface area (Å²) in [5, 5.41) is 8.31. The average molecular weight is 507 g/mol. The highest BCUT2D eigenvalue weighted by molar-refractivity contribution is 6.13. The minimum atomic E-state index is 0.449. The Bertz CT molecular complexity index is 2220. The lowest BCUT2D eigenvalue weighted by Gasteiger charge is -2.41. The normalized spacial score (nSPS) is 17.8. The molecule has 0 heterocycles. The first kappa shape index (κ1) is 21.2. The predicted octanol–water partition coefficient (Wildman–Crippen LogP) is 10.8. The molecule has 0 radical (unpaired) electrons. The van der Waals surface area contributed by atoms with Gasteiger partial charge < -0.3 is 0 Å². The van der Waals surface area contributed by atoms with E-state index in [-0.39, 0.29) is 0 Å². The topological polar surface area (TPSA) is 0 Å². The van der Waals surface area contributed by atoms with Gasteiger partial charge in [0, 0.05) is 11.8 Å². The van der Waals surface area contributed by atoms with Gasteiger partial charge in [-0.05, 0) is 101 Å². The number of hydrogen-bond donors (Lipinski definition) is 0. The van der Waals surface area contributed by atoms with Gasteiger partial charge in [0.2, 0.25) is 0 Å². The molecule has 0 fully saturated rings. The van der Waals surface area contributed by atoms with Crippen LogP contribution in [0.2, 0.25) is 0 Å². The van der Waals surface area contributed by atoms with Gasteiger partial charge in [-0.15, -0.1) is 0 Å². The quantitative estimate of drug-likeness (QED) is 0.208. The lowest BCUT2D eigenvalue weighted by Crippen LogP contribution is -2.23. The van der Waals surface area contributed by atoms with E-state index in [0.717, 1.165) is 0 Å². The first-order valence-electron chi connectivity index (χ1n) is 14.6. The molecule has 10 rings (SSSR count). The molecule has 3 aliphatic carbocycles. The Hall–Kier alpha value is -4.68. The second-order valence-electron chi connectivity index (χ2n) is 11.9. The SMILES string of the molecule is c1ccc2c(-c3ccc4c5c(cccc35)-c3ccc5c6c3C4CCC6c3cccc4cccc-5c34)cccc2c1. The van der Waals surface area contributed by atoms with Crippen molar-refractivity contribution >= 4 is 32.3 Å². The molecule has 186 valence electrons. The largest absolute Gasteiger partial charge is 0.0616 e. The van der Waals surface area contributed by atoms with Crippen LogP contribution in [0.5, 0.6) is 0 Å². The third kappa shape index (κ3) is 2.53. The fourth-order valence-electron chi connectivity index (χ4n) is 8.63. The molecule has 0 saturated heterocycles. The molecule has 7 aromatic carbocycles. The Kier molecular flexibility index (Phi) is 3.97. The zero-order valence-electron chi connectivity index (χ0n) is 22.1. The number of rotatable bonds is 1. The fourth-order valence-corrected chi connectivity index (χ4v) is 8.63. The standard InChI is InChI=1S/C40H26/c1-2-11-25-23(7-1)8-3-12-26(25)27-17-18-32-36-22-20-34-30-14-5-10-24-9-4-13-29(37(24)30)33-19-21-35(40(36)39(33)34)31-16-6-15-28(27)38(31)32/h1-19,21,34,36H,20,22H2. The van der Waals surface area contributed by atoms with Crippen molar-refractivity contribution in [2.45, 2.75) is 24.7 Å². The van der Waals surface area contributed by atoms with Gasteiger partial charge in [0.15, 0.2) is 0 Å². The molecule has 0 bridgehead atoms. The van der Waals surface area contributed by atoms with Crippen molar-refractivity contribution in [2.24, 2.45) is 0 Å². The Labute approximate surface area is 233 Å². The molecule has 0 heteroatoms. The Morgan fingerprint density at radius 2 is 0.875 bits per heavy atom. The van der Waals surface area contributed by atoms with E-state index >= 15 is 0 Å². The van der Waals surface area contributed by atoms with Crippen LogP contribution in [0.25, 0.3) is 65.7 Å². The van der Waals surface area contributed by atoms with Gasteiger partial charge in [-0.25, -0.2) is 0 Å². The molecule has 3 aliphatic rings. The number of hydrogen-bond acceptors (Lipinski definition) is 0. The first-order chi connectivity index (χ1) is 19.9. The molecule has 7 aromatic rings. The van der Waals surface area contributed by atoms with E-state index in [1.807, 2.05) is 0 Å². The molecule has 2 unspecified atom stereocenters. The number of fused-ring (bicyclic) bond motifs is 5. The third-order valence-corrected chi connectivity index (χ3v) is 10.1. The minimum absolute atomic E-state index is 0.449. The summed E-state index contributed by atoms with van der Waals surface area (Å²) in [6, 6.07) is 46.1. The summed E-state index contributed by atoms with van der Waals surface area (Å²) < 4.78 is 0. The zero-order chi connectivity index (χ0) is 25.9. The van der Waals surface area contributed by atoms with Gasteiger partial charge in [-0.3, -0.25) is 0 Å². The summed E-state index contributed by atoms with van der Waals surface area (Å²) in [5.74, 6) is 0.931. The van der Waals surface area contributed by atoms with Gasteiger partial charge in [-0.1, -0.05) is 121 Å². The van der Waals surface area contributed by atoms with Crippen LogP contribution >= 0.6 is 0 Å². The Morgan fingerprint density at radius 1 is 0.350 bits per heavy atom. The number of benzene rings is 7. The molecule has 0 N–H and O–H groups in total. The molecule has 0 nitrogen and oxygen atoms in total. The molecule has 0 saturated carbocycles. The van der Waals surface area contributed by atoms with Crippen LogP contribution in [0.15, 0.2) is 121 Å². The summed E-state index contributed by atoms with van der Waals surface area (Å²) in [7, 11) is 0. The maximum Gasteiger partial charge on any atom is 0.0105 e. The van der Waals surface area contributed by atoms with Crippen LogP contribution in [0.4, 0.5) is 0 Å². The van der Waals surface area contributed by atoms with Crippen molar-refractivity contribution < 1.29 is 0 Å². The summed E-state index contributed by atoms with van der Waals surface area (Å²) in [4.78, 5) is 0. The van der Waals surface area contributed by atoms with Gasteiger partial charge in [-0.2, -0.15) is 0 Å². The van der Waals surface area contributed by atoms with Gasteiger partial charge >= 0.3 is 0 Å². The van der Waals surface area contributed by atoms with E-state index in [1.54, 1.807) is 11.1 Å². The Morgan fingerprint density at radius 3 is 1.68 bits per heavy atom. The minimum Gasteiger partial charge on any atom is -0.0616 e. The highest BCUT2D eigenvalue weighted by Crippen LogP contribution is 2.59. The first-order valence-corrected chi connectivity index (χ1v) is 14.6. The van der Waals surface area contributed by atoms with Gasteiger partial charge in [0.25, 0.3) is 0 Å². The lowest BCUT2D eigenvalue weighted by atomic mass is 9.62. The van der Waals surface area contributed by atoms with Crippen LogP contribution in [-0.4, -0.2) is 0 Å². The molecule has 2 atom stereocenters. The van der Waals surface area contributed by atoms with Crippen molar-refractivity contribution in [3.05, 3.63) is 144 Å². The maximum atomic E-state index is 2.47. The summed E-state index contributed by atoms with van der Waals surface area (Å²) in [6.45, 7) is 0. The van der Waals surface area contributed by atoms with Crippen LogP contribution in [0.3, 0.4) is 0 Å². The van der Waals surface area contributed by atoms with Crippen LogP contribution < -0.4 is 0 Å². The van der Waals surface area contributed by atoms with E-state index in [4.69, 9.17) is 0 Å². The molecular weight excluding hydrogens is 480 g/mol. The van der Waals surface area contributed by atoms with E-state index < -0.39 is 0 Å². The van der Waals surface area contributed by atoms with Crippen molar-refractivity contribution in [1.29, 1.82) is 0 Å². The van der Waals surface area contributed by atoms with Crippen LogP contribution in [0, 0.1) is 0 Å². The highest BCUT2D eigenvalue weighted by Gasteiger charge is 2.40. The Balaban J connectivity index is 1.28. The van der Waals surface area contributed by atoms with Crippen molar-refractivity contribution in [3.8, 4) is 33.4 Å². The average Bonchev–Trinajstić information content (AvgIpc) is 3.02. The highest BCUT2D eigenvalue weighted by atomic mass is 14.4. The monoisotopic (exact) mass is 506 g/mol. The third-order valence-electron chi connectivity index (χ3n) is 10.1. The maximum absolute atomic E-state index is 2.47. The predicted molar refractivity (Wildman–Crippen MR) is 168 cm³/mol. The molecule has 0 spiro atoms. The lowest BCUT2D eigenvalue weighted by molar-refractivity contribution is 0.568. The zero-order valence-corrected chi connectivity index (χ0v) is 22.1. The van der Waals surface area contributed by atoms with Crippen LogP contribution in [-0.2, 0) is 0 Å². The second kappa shape index (κ2) is 7.49. The molecule has 40 heavy (non-hydrogen) atoms. The summed E-state index contributed by atoms with van der Waals surface area (Å²) in [6.07, 6.45) is 2.40. The summed E-state index contributed by atoms with van der Waals surface area (Å²) in [5.41, 5.74) is 14.6. The van der Waals surface area contributed by atoms with E-state index in [1.165, 1.54) is 89.7 Å². The van der Waals surface area contributed by atoms with E-state index in [0.29, 0.717) is 11.8 Å². The van der Waals surface area contributed by atoms with Crippen molar-refractivity contribution in [2.75, 3.05) is 0 Å². The smallest absolute Gasteiger partial charge is 0.0105 e. The summed E-state index contributed by atoms with van der Waals surface area (Å²) >= 11 is 0. The molecule has 0 amide bonds. The fraction of sp³-hybridized carbons (Fsp3) is 0.100. The second-order valence-corrected chi connectivity index (χ2v) is 11.9. The molecule has 0 aromatic heterocycles. The van der Waals surface area contributed by atoms with E-state index in [2.05, 4.69) is 121 Å². The van der Waals surface area contributed by atoms with Gasteiger partial charge in [0.05, 0.1) is 0 Å². The van der Waals surface area contributed by atoms with Crippen LogP contribution in [0.1, 0.15) is 46.9 Å².